The summed E-state index contributed by atoms with van der Waals surface area (Å²) in [5.74, 6) is -0.403. The number of carbonyl (C=O) groups is 8. The number of imide groups is 4. The Morgan fingerprint density at radius 3 is 0.304 bits per heavy atom. The van der Waals surface area contributed by atoms with Crippen molar-refractivity contribution in [2.75, 3.05) is 65.4 Å². The Morgan fingerprint density at radius 2 is 0.200 bits per heavy atom. The maximum absolute atomic E-state index is 14.5. The molecule has 0 rings (SSSR count). The van der Waals surface area contributed by atoms with Gasteiger partial charge in [-0.05, 0) is 123 Å². The molecular weight excluding hydrogens is 1550 g/mol. The quantitative estimate of drug-likeness (QED) is 0.0537. The van der Waals surface area contributed by atoms with Crippen LogP contribution in [-0.4, -0.2) is 142 Å². The van der Waals surface area contributed by atoms with Crippen LogP contribution in [0.4, 0.5) is 0 Å². The first-order valence-corrected chi connectivity index (χ1v) is 56.1. The molecule has 0 fully saturated rings. The van der Waals surface area contributed by atoms with Gasteiger partial charge >= 0.3 is 0 Å². The number of carbonyl (C=O) groups excluding carboxylic acids is 8. The number of rotatable bonds is 100. The van der Waals surface area contributed by atoms with Crippen LogP contribution in [0.5, 0.6) is 0 Å². The minimum absolute atomic E-state index is 0.0504. The van der Waals surface area contributed by atoms with Gasteiger partial charge in [-0.2, -0.15) is 0 Å². The van der Waals surface area contributed by atoms with Crippen LogP contribution in [-0.2, 0) is 38.4 Å². The van der Waals surface area contributed by atoms with Crippen LogP contribution >= 0.6 is 0 Å². The molecule has 0 atom stereocenters. The lowest BCUT2D eigenvalue weighted by Gasteiger charge is -2.29. The van der Waals surface area contributed by atoms with E-state index < -0.39 is 0 Å². The molecule has 0 heterocycles. The number of nitrogens with zero attached hydrogens (tertiary/aromatic N) is 6. The normalized spacial score (nSPS) is 11.6. The molecule has 0 aromatic heterocycles. The molecular formula is C111H214N6O8. The Hall–Kier alpha value is -3.52. The van der Waals surface area contributed by atoms with Crippen LogP contribution in [0.3, 0.4) is 0 Å². The second kappa shape index (κ2) is 96.5. The first-order valence-electron chi connectivity index (χ1n) is 56.1. The van der Waals surface area contributed by atoms with Gasteiger partial charge in [0.05, 0.1) is 0 Å². The summed E-state index contributed by atoms with van der Waals surface area (Å²) in [4.78, 5) is 127. The van der Waals surface area contributed by atoms with Crippen molar-refractivity contribution in [1.29, 1.82) is 0 Å². The minimum Gasteiger partial charge on any atom is -0.303 e. The van der Waals surface area contributed by atoms with Gasteiger partial charge < -0.3 is 9.80 Å². The molecule has 0 aliphatic carbocycles. The molecule has 0 unspecified atom stereocenters. The van der Waals surface area contributed by atoms with E-state index in [1.807, 2.05) is 0 Å². The lowest BCUT2D eigenvalue weighted by molar-refractivity contribution is -0.146. The molecule has 0 bridgehead atoms. The van der Waals surface area contributed by atoms with E-state index in [0.717, 1.165) is 161 Å². The maximum atomic E-state index is 14.5. The molecule has 0 aromatic carbocycles. The van der Waals surface area contributed by atoms with Gasteiger partial charge in [-0.3, -0.25) is 58.0 Å². The topological polar surface area (TPSA) is 156 Å². The molecule has 0 saturated heterocycles. The van der Waals surface area contributed by atoms with Crippen molar-refractivity contribution in [2.45, 2.75) is 601 Å². The highest BCUT2D eigenvalue weighted by atomic mass is 16.2. The Balaban J connectivity index is 7.72. The van der Waals surface area contributed by atoms with Crippen molar-refractivity contribution in [3.8, 4) is 0 Å². The molecule has 736 valence electrons. The van der Waals surface area contributed by atoms with Crippen molar-refractivity contribution in [1.82, 2.24) is 29.4 Å². The summed E-state index contributed by atoms with van der Waals surface area (Å²) in [5.41, 5.74) is 0. The lowest BCUT2D eigenvalue weighted by Crippen LogP contribution is -2.41. The van der Waals surface area contributed by atoms with Crippen LogP contribution < -0.4 is 0 Å². The van der Waals surface area contributed by atoms with Gasteiger partial charge in [0.2, 0.25) is 47.3 Å². The van der Waals surface area contributed by atoms with E-state index in [4.69, 9.17) is 0 Å². The van der Waals surface area contributed by atoms with Crippen LogP contribution in [0.1, 0.15) is 601 Å². The van der Waals surface area contributed by atoms with Gasteiger partial charge in [0.15, 0.2) is 0 Å². The SMILES string of the molecule is CCCCCCCCCCCC(=O)N(CCCN(CCCN(CCCN(C(=O)CCCCCCCCCCC)C(=O)CCCCCCCCCCC)CCCN(C(=O)CCCCCCCCCCC)C(=O)CCCCCCCCCCC)CCCN(C(=O)CCCCCCCCCCC)C(=O)CCCCCCCCCCC)C(=O)CCCCCCCCCCC. The molecule has 0 spiro atoms. The fourth-order valence-corrected chi connectivity index (χ4v) is 18.3. The largest absolute Gasteiger partial charge is 0.303 e. The summed E-state index contributed by atoms with van der Waals surface area (Å²) in [6.45, 7) is 23.4. The Labute approximate surface area is 777 Å². The van der Waals surface area contributed by atoms with E-state index >= 15 is 0 Å². The number of hydrogen-bond acceptors (Lipinski definition) is 10. The number of unbranched alkanes of at least 4 members (excludes halogenated alkanes) is 64. The molecule has 125 heavy (non-hydrogen) atoms. The van der Waals surface area contributed by atoms with E-state index in [1.165, 1.54) is 308 Å². The molecule has 0 N–H and O–H groups in total. The van der Waals surface area contributed by atoms with Crippen molar-refractivity contribution in [2.24, 2.45) is 0 Å². The monoisotopic (exact) mass is 1760 g/mol. The van der Waals surface area contributed by atoms with E-state index in [9.17, 15) is 38.4 Å². The van der Waals surface area contributed by atoms with Gasteiger partial charge in [-0.15, -0.1) is 0 Å². The van der Waals surface area contributed by atoms with Crippen LogP contribution in [0.2, 0.25) is 0 Å². The third kappa shape index (κ3) is 78.8. The van der Waals surface area contributed by atoms with Crippen LogP contribution in [0.15, 0.2) is 0 Å². The maximum Gasteiger partial charge on any atom is 0.229 e. The van der Waals surface area contributed by atoms with E-state index in [2.05, 4.69) is 65.2 Å². The van der Waals surface area contributed by atoms with Gasteiger partial charge in [-0.1, -0.05) is 466 Å². The molecule has 0 aliphatic rings. The van der Waals surface area contributed by atoms with E-state index in [0.29, 0.717) is 142 Å². The summed E-state index contributed by atoms with van der Waals surface area (Å²) < 4.78 is 0. The summed E-state index contributed by atoms with van der Waals surface area (Å²) in [6.07, 6.45) is 89.4. The zero-order valence-electron chi connectivity index (χ0n) is 85.1. The van der Waals surface area contributed by atoms with Gasteiger partial charge in [0.25, 0.3) is 0 Å². The average molecular weight is 1760 g/mol. The van der Waals surface area contributed by atoms with Crippen LogP contribution in [0.25, 0.3) is 0 Å². The summed E-state index contributed by atoms with van der Waals surface area (Å²) in [7, 11) is 0. The summed E-state index contributed by atoms with van der Waals surface area (Å²) in [6, 6.07) is 0. The predicted octanol–water partition coefficient (Wildman–Crippen LogP) is 32.3. The first-order chi connectivity index (χ1) is 61.3. The van der Waals surface area contributed by atoms with E-state index in [-0.39, 0.29) is 47.3 Å². The van der Waals surface area contributed by atoms with Crippen molar-refractivity contribution >= 4 is 47.3 Å². The third-order valence-electron chi connectivity index (χ3n) is 26.7. The molecule has 8 amide bonds. The fourth-order valence-electron chi connectivity index (χ4n) is 18.3. The highest BCUT2D eigenvalue weighted by Gasteiger charge is 2.27. The predicted molar refractivity (Wildman–Crippen MR) is 538 cm³/mol. The molecule has 0 saturated carbocycles. The zero-order valence-corrected chi connectivity index (χ0v) is 85.1. The summed E-state index contributed by atoms with van der Waals surface area (Å²) in [5, 5.41) is 0. The second-order valence-electron chi connectivity index (χ2n) is 38.8. The highest BCUT2D eigenvalue weighted by molar-refractivity contribution is 5.97. The van der Waals surface area contributed by atoms with Crippen LogP contribution in [0, 0.1) is 0 Å². The first kappa shape index (κ1) is 121. The lowest BCUT2D eigenvalue weighted by atomic mass is 10.1. The standard InChI is InChI=1S/C111H214N6O8/c1-9-17-25-33-41-49-57-65-73-86-104(118)114(105(119)87-74-66-58-50-42-34-26-18-10-2)100-82-96-112(97-83-101-115(106(120)88-75-67-59-51-43-35-27-19-11-3)107(121)89-76-68-60-52-44-36-28-20-12-4)94-81-95-113(98-84-102-116(108(122)90-77-69-61-53-45-37-29-21-13-5)109(123)91-78-70-62-54-46-38-30-22-14-6)99-85-103-117(110(124)92-79-71-63-55-47-39-31-23-15-7)111(125)93-80-72-64-56-48-40-32-24-16-8/h9-103H2,1-8H3. The molecule has 14 nitrogen and oxygen atoms in total. The zero-order chi connectivity index (χ0) is 91.3. The third-order valence-corrected chi connectivity index (χ3v) is 26.7. The van der Waals surface area contributed by atoms with Gasteiger partial charge in [0.1, 0.15) is 0 Å². The molecule has 0 radical (unpaired) electrons. The average Bonchev–Trinajstić information content (AvgIpc) is 0.904. The smallest absolute Gasteiger partial charge is 0.229 e. The number of hydrogen-bond donors (Lipinski definition) is 0. The minimum atomic E-state index is -0.0504. The second-order valence-corrected chi connectivity index (χ2v) is 38.8. The Kier molecular flexibility index (Phi) is 93.8. The Bertz CT molecular complexity index is 1950. The van der Waals surface area contributed by atoms with Gasteiger partial charge in [0, 0.05) is 77.5 Å². The van der Waals surface area contributed by atoms with E-state index in [1.54, 1.807) is 19.6 Å². The fraction of sp³-hybridized carbons (Fsp3) is 0.928. The molecule has 0 aliphatic heterocycles. The van der Waals surface area contributed by atoms with Crippen molar-refractivity contribution < 1.29 is 38.4 Å². The Morgan fingerprint density at radius 1 is 0.112 bits per heavy atom. The summed E-state index contributed by atoms with van der Waals surface area (Å²) >= 11 is 0. The highest BCUT2D eigenvalue weighted by Crippen LogP contribution is 2.23. The molecule has 0 aromatic rings. The van der Waals surface area contributed by atoms with Gasteiger partial charge in [-0.25, -0.2) is 0 Å². The van der Waals surface area contributed by atoms with Crippen molar-refractivity contribution in [3.05, 3.63) is 0 Å². The van der Waals surface area contributed by atoms with Crippen molar-refractivity contribution in [3.63, 3.8) is 0 Å². The molecule has 14 heteroatoms. The number of amides is 8.